The van der Waals surface area contributed by atoms with Gasteiger partial charge < -0.3 is 0 Å². The molecule has 10 heavy (non-hydrogen) atoms. The van der Waals surface area contributed by atoms with Crippen LogP contribution in [-0.4, -0.2) is 17.6 Å². The number of rotatable bonds is 2. The number of halogens is 3. The first-order valence-electron chi connectivity index (χ1n) is 2.52. The van der Waals surface area contributed by atoms with Crippen LogP contribution in [0, 0.1) is 16.0 Å². The van der Waals surface area contributed by atoms with E-state index in [0.29, 0.717) is 0 Å². The highest BCUT2D eigenvalue weighted by Gasteiger charge is 2.39. The van der Waals surface area contributed by atoms with Gasteiger partial charge in [0.2, 0.25) is 6.54 Å². The lowest BCUT2D eigenvalue weighted by Gasteiger charge is -2.09. The minimum absolute atomic E-state index is 0.781. The molecular formula is C4H6F3NO2. The number of nitrogens with zero attached hydrogens (tertiary/aromatic N) is 1. The number of hydrogen-bond donors (Lipinski definition) is 0. The van der Waals surface area contributed by atoms with Crippen molar-refractivity contribution < 1.29 is 18.1 Å². The smallest absolute Gasteiger partial charge is 0.265 e. The highest BCUT2D eigenvalue weighted by Crippen LogP contribution is 2.25. The summed E-state index contributed by atoms with van der Waals surface area (Å²) in [4.78, 5) is 8.59. The molecule has 0 aromatic carbocycles. The second-order valence-corrected chi connectivity index (χ2v) is 1.96. The molecule has 0 heterocycles. The van der Waals surface area contributed by atoms with Gasteiger partial charge in [-0.05, 0) is 6.92 Å². The van der Waals surface area contributed by atoms with Crippen molar-refractivity contribution in [2.24, 2.45) is 5.92 Å². The standard InChI is InChI=1S/C4H6F3NO2/c1-3(2-8(9)10)4(5,6)7/h3H,2H2,1H3. The third-order valence-electron chi connectivity index (χ3n) is 0.982. The molecule has 0 radical (unpaired) electrons. The van der Waals surface area contributed by atoms with E-state index in [1.54, 1.807) is 0 Å². The summed E-state index contributed by atoms with van der Waals surface area (Å²) in [5.41, 5.74) is 0. The van der Waals surface area contributed by atoms with Crippen molar-refractivity contribution in [3.05, 3.63) is 10.1 Å². The quantitative estimate of drug-likeness (QED) is 0.449. The van der Waals surface area contributed by atoms with Crippen LogP contribution in [0.3, 0.4) is 0 Å². The Morgan fingerprint density at radius 2 is 2.00 bits per heavy atom. The Labute approximate surface area is 55.0 Å². The van der Waals surface area contributed by atoms with E-state index in [2.05, 4.69) is 0 Å². The van der Waals surface area contributed by atoms with Gasteiger partial charge in [0.25, 0.3) is 0 Å². The maximum Gasteiger partial charge on any atom is 0.397 e. The maximum absolute atomic E-state index is 11.5. The average molecular weight is 157 g/mol. The second-order valence-electron chi connectivity index (χ2n) is 1.96. The molecule has 1 unspecified atom stereocenters. The van der Waals surface area contributed by atoms with E-state index in [4.69, 9.17) is 0 Å². The molecule has 3 nitrogen and oxygen atoms in total. The molecule has 0 spiro atoms. The van der Waals surface area contributed by atoms with E-state index in [1.165, 1.54) is 0 Å². The van der Waals surface area contributed by atoms with Gasteiger partial charge in [0.05, 0.1) is 0 Å². The Balaban J connectivity index is 3.85. The molecular weight excluding hydrogens is 151 g/mol. The van der Waals surface area contributed by atoms with Crippen LogP contribution >= 0.6 is 0 Å². The number of alkyl halides is 3. The zero-order valence-corrected chi connectivity index (χ0v) is 5.18. The van der Waals surface area contributed by atoms with E-state index in [0.717, 1.165) is 6.92 Å². The van der Waals surface area contributed by atoms with Crippen LogP contribution in [0.2, 0.25) is 0 Å². The third kappa shape index (κ3) is 3.26. The highest BCUT2D eigenvalue weighted by atomic mass is 19.4. The fraction of sp³-hybridized carbons (Fsp3) is 1.00. The Morgan fingerprint density at radius 1 is 1.60 bits per heavy atom. The summed E-state index contributed by atoms with van der Waals surface area (Å²) in [5, 5.41) is 9.56. The van der Waals surface area contributed by atoms with Crippen molar-refractivity contribution in [3.8, 4) is 0 Å². The molecule has 0 bridgehead atoms. The summed E-state index contributed by atoms with van der Waals surface area (Å²) in [7, 11) is 0. The van der Waals surface area contributed by atoms with Gasteiger partial charge >= 0.3 is 6.18 Å². The molecule has 0 saturated carbocycles. The summed E-state index contributed by atoms with van der Waals surface area (Å²) in [6, 6.07) is 0. The zero-order valence-electron chi connectivity index (χ0n) is 5.18. The molecule has 60 valence electrons. The van der Waals surface area contributed by atoms with Gasteiger partial charge in [-0.15, -0.1) is 0 Å². The van der Waals surface area contributed by atoms with E-state index in [9.17, 15) is 23.3 Å². The van der Waals surface area contributed by atoms with E-state index < -0.39 is 23.6 Å². The van der Waals surface area contributed by atoms with Gasteiger partial charge in [-0.1, -0.05) is 0 Å². The summed E-state index contributed by atoms with van der Waals surface area (Å²) in [6.45, 7) is -0.272. The number of hydrogen-bond acceptors (Lipinski definition) is 2. The molecule has 0 aromatic heterocycles. The second kappa shape index (κ2) is 2.85. The fourth-order valence-electron chi connectivity index (χ4n) is 0.327. The normalized spacial score (nSPS) is 14.8. The molecule has 0 aliphatic heterocycles. The minimum Gasteiger partial charge on any atom is -0.265 e. The predicted octanol–water partition coefficient (Wildman–Crippen LogP) is 1.46. The molecule has 0 rings (SSSR count). The molecule has 1 atom stereocenters. The van der Waals surface area contributed by atoms with Crippen molar-refractivity contribution >= 4 is 0 Å². The summed E-state index contributed by atoms with van der Waals surface area (Å²) in [5.74, 6) is -1.86. The lowest BCUT2D eigenvalue weighted by atomic mass is 10.2. The van der Waals surface area contributed by atoms with Crippen molar-refractivity contribution in [1.29, 1.82) is 0 Å². The highest BCUT2D eigenvalue weighted by molar-refractivity contribution is 4.59. The molecule has 0 saturated heterocycles. The lowest BCUT2D eigenvalue weighted by Crippen LogP contribution is -2.26. The van der Waals surface area contributed by atoms with E-state index >= 15 is 0 Å². The molecule has 0 aliphatic carbocycles. The molecule has 6 heteroatoms. The van der Waals surface area contributed by atoms with Gasteiger partial charge in [-0.25, -0.2) is 0 Å². The van der Waals surface area contributed by atoms with Crippen LogP contribution in [0.15, 0.2) is 0 Å². The van der Waals surface area contributed by atoms with Crippen molar-refractivity contribution in [1.82, 2.24) is 0 Å². The summed E-state index contributed by atoms with van der Waals surface area (Å²) in [6.07, 6.45) is -4.45. The largest absolute Gasteiger partial charge is 0.397 e. The van der Waals surface area contributed by atoms with Crippen molar-refractivity contribution in [3.63, 3.8) is 0 Å². The lowest BCUT2D eigenvalue weighted by molar-refractivity contribution is -0.496. The minimum atomic E-state index is -4.45. The van der Waals surface area contributed by atoms with Crippen LogP contribution < -0.4 is 0 Å². The Bertz CT molecular complexity index is 133. The third-order valence-corrected chi connectivity index (χ3v) is 0.982. The van der Waals surface area contributed by atoms with Crippen LogP contribution in [0.1, 0.15) is 6.92 Å². The molecule has 0 N–H and O–H groups in total. The van der Waals surface area contributed by atoms with Crippen LogP contribution in [0.4, 0.5) is 13.2 Å². The maximum atomic E-state index is 11.5. The summed E-state index contributed by atoms with van der Waals surface area (Å²) < 4.78 is 34.5. The van der Waals surface area contributed by atoms with Gasteiger partial charge in [0.15, 0.2) is 0 Å². The average Bonchev–Trinajstić information content (AvgIpc) is 1.60. The Kier molecular flexibility index (Phi) is 2.62. The monoisotopic (exact) mass is 157 g/mol. The van der Waals surface area contributed by atoms with Crippen molar-refractivity contribution in [2.75, 3.05) is 6.54 Å². The zero-order chi connectivity index (χ0) is 8.36. The van der Waals surface area contributed by atoms with Crippen LogP contribution in [0.25, 0.3) is 0 Å². The van der Waals surface area contributed by atoms with Gasteiger partial charge in [0.1, 0.15) is 5.92 Å². The van der Waals surface area contributed by atoms with Gasteiger partial charge in [-0.2, -0.15) is 13.2 Å². The summed E-state index contributed by atoms with van der Waals surface area (Å²) >= 11 is 0. The topological polar surface area (TPSA) is 43.1 Å². The SMILES string of the molecule is CC(C[N+](=O)[O-])C(F)(F)F. The first-order chi connectivity index (χ1) is 4.34. The fourth-order valence-corrected chi connectivity index (χ4v) is 0.327. The van der Waals surface area contributed by atoms with Gasteiger partial charge in [-0.3, -0.25) is 10.1 Å². The van der Waals surface area contributed by atoms with E-state index in [-0.39, 0.29) is 0 Å². The first-order valence-corrected chi connectivity index (χ1v) is 2.52. The van der Waals surface area contributed by atoms with Crippen molar-refractivity contribution in [2.45, 2.75) is 13.1 Å². The molecule has 0 amide bonds. The number of nitro groups is 1. The van der Waals surface area contributed by atoms with Crippen LogP contribution in [0.5, 0.6) is 0 Å². The van der Waals surface area contributed by atoms with E-state index in [1.807, 2.05) is 0 Å². The van der Waals surface area contributed by atoms with Gasteiger partial charge in [0, 0.05) is 4.92 Å². The predicted molar refractivity (Wildman–Crippen MR) is 27.1 cm³/mol. The molecule has 0 fully saturated rings. The van der Waals surface area contributed by atoms with Crippen LogP contribution in [-0.2, 0) is 0 Å². The molecule has 0 aliphatic rings. The molecule has 0 aromatic rings. The first kappa shape index (κ1) is 9.19. The Morgan fingerprint density at radius 3 is 2.10 bits per heavy atom. The Hall–Kier alpha value is -0.810.